The zero-order chi connectivity index (χ0) is 30.9. The Morgan fingerprint density at radius 3 is 2.06 bits per heavy atom. The Balaban J connectivity index is 1.26. The van der Waals surface area contributed by atoms with Gasteiger partial charge in [0.15, 0.2) is 0 Å². The third-order valence-electron chi connectivity index (χ3n) is 9.43. The fourth-order valence-corrected chi connectivity index (χ4v) is 8.56. The molecular formula is C44H27NOS. The van der Waals surface area contributed by atoms with Crippen molar-refractivity contribution in [2.75, 3.05) is 4.90 Å². The van der Waals surface area contributed by atoms with Crippen LogP contribution in [0.2, 0.25) is 0 Å². The second-order valence-corrected chi connectivity index (χ2v) is 13.1. The number of fused-ring (bicyclic) bond motifs is 9. The average Bonchev–Trinajstić information content (AvgIpc) is 3.71. The molecule has 0 saturated heterocycles. The minimum atomic E-state index is 0.880. The van der Waals surface area contributed by atoms with Crippen molar-refractivity contribution in [3.8, 4) is 11.1 Å². The highest BCUT2D eigenvalue weighted by Crippen LogP contribution is 2.47. The van der Waals surface area contributed by atoms with E-state index in [1.54, 1.807) is 0 Å². The smallest absolute Gasteiger partial charge is 0.143 e. The summed E-state index contributed by atoms with van der Waals surface area (Å²) in [4.78, 5) is 2.42. The molecule has 0 N–H and O–H groups in total. The SMILES string of the molecule is c1cc(-c2cccc3c2sc2ccccc23)cc(N(c2cccc3ccccc23)c2cccc3oc4c5ccccc5ccc4c23)c1. The Hall–Kier alpha value is -5.90. The molecule has 3 heteroatoms. The molecule has 0 amide bonds. The normalized spacial score (nSPS) is 11.8. The molecule has 220 valence electrons. The van der Waals surface area contributed by atoms with Gasteiger partial charge in [-0.3, -0.25) is 0 Å². The van der Waals surface area contributed by atoms with Crippen molar-refractivity contribution in [3.05, 3.63) is 164 Å². The Labute approximate surface area is 275 Å². The minimum absolute atomic E-state index is 0.880. The van der Waals surface area contributed by atoms with Gasteiger partial charge >= 0.3 is 0 Å². The second kappa shape index (κ2) is 10.3. The van der Waals surface area contributed by atoms with Crippen molar-refractivity contribution in [1.29, 1.82) is 0 Å². The molecule has 0 unspecified atom stereocenters. The molecule has 0 aliphatic carbocycles. The van der Waals surface area contributed by atoms with Gasteiger partial charge in [-0.15, -0.1) is 11.3 Å². The van der Waals surface area contributed by atoms with Crippen LogP contribution in [-0.2, 0) is 0 Å². The first-order chi connectivity index (χ1) is 23.3. The third-order valence-corrected chi connectivity index (χ3v) is 10.7. The Bertz CT molecular complexity index is 2820. The number of hydrogen-bond acceptors (Lipinski definition) is 3. The molecule has 8 aromatic carbocycles. The first kappa shape index (κ1) is 26.3. The fraction of sp³-hybridized carbons (Fsp3) is 0. The lowest BCUT2D eigenvalue weighted by Crippen LogP contribution is -2.11. The van der Waals surface area contributed by atoms with Gasteiger partial charge in [-0.1, -0.05) is 121 Å². The predicted molar refractivity (Wildman–Crippen MR) is 202 cm³/mol. The summed E-state index contributed by atoms with van der Waals surface area (Å²) < 4.78 is 9.29. The summed E-state index contributed by atoms with van der Waals surface area (Å²) in [7, 11) is 0. The van der Waals surface area contributed by atoms with Crippen LogP contribution in [0.3, 0.4) is 0 Å². The lowest BCUT2D eigenvalue weighted by molar-refractivity contribution is 0.672. The molecule has 0 aliphatic rings. The number of rotatable bonds is 4. The van der Waals surface area contributed by atoms with Gasteiger partial charge in [-0.25, -0.2) is 0 Å². The van der Waals surface area contributed by atoms with Crippen molar-refractivity contribution >= 4 is 92.1 Å². The lowest BCUT2D eigenvalue weighted by atomic mass is 10.00. The van der Waals surface area contributed by atoms with Gasteiger partial charge in [0, 0.05) is 42.0 Å². The number of nitrogens with zero attached hydrogens (tertiary/aromatic N) is 1. The summed E-state index contributed by atoms with van der Waals surface area (Å²) >= 11 is 1.87. The second-order valence-electron chi connectivity index (χ2n) is 12.1. The van der Waals surface area contributed by atoms with E-state index in [1.807, 2.05) is 11.3 Å². The summed E-state index contributed by atoms with van der Waals surface area (Å²) in [6.07, 6.45) is 0. The van der Waals surface area contributed by atoms with Crippen LogP contribution in [0.5, 0.6) is 0 Å². The third kappa shape index (κ3) is 4.04. The predicted octanol–water partition coefficient (Wildman–Crippen LogP) is 13.4. The van der Waals surface area contributed by atoms with Crippen molar-refractivity contribution in [1.82, 2.24) is 0 Å². The van der Waals surface area contributed by atoms with E-state index in [0.717, 1.165) is 44.4 Å². The molecule has 0 radical (unpaired) electrons. The molecule has 0 atom stereocenters. The molecule has 10 rings (SSSR count). The van der Waals surface area contributed by atoms with Gasteiger partial charge < -0.3 is 9.32 Å². The van der Waals surface area contributed by atoms with Crippen molar-refractivity contribution in [3.63, 3.8) is 0 Å². The molecule has 0 bridgehead atoms. The summed E-state index contributed by atoms with van der Waals surface area (Å²) in [6, 6.07) is 59.0. The topological polar surface area (TPSA) is 16.4 Å². The highest BCUT2D eigenvalue weighted by Gasteiger charge is 2.22. The van der Waals surface area contributed by atoms with Gasteiger partial charge in [-0.2, -0.15) is 0 Å². The van der Waals surface area contributed by atoms with Crippen LogP contribution in [0.4, 0.5) is 17.1 Å². The van der Waals surface area contributed by atoms with Crippen molar-refractivity contribution < 1.29 is 4.42 Å². The number of hydrogen-bond donors (Lipinski definition) is 0. The minimum Gasteiger partial charge on any atom is -0.455 e. The maximum atomic E-state index is 6.66. The van der Waals surface area contributed by atoms with Gasteiger partial charge in [0.1, 0.15) is 11.2 Å². The maximum absolute atomic E-state index is 6.66. The van der Waals surface area contributed by atoms with E-state index in [1.165, 1.54) is 47.5 Å². The molecule has 2 aromatic heterocycles. The molecule has 47 heavy (non-hydrogen) atoms. The Morgan fingerprint density at radius 2 is 1.15 bits per heavy atom. The van der Waals surface area contributed by atoms with Gasteiger partial charge in [0.2, 0.25) is 0 Å². The number of furan rings is 1. The average molecular weight is 618 g/mol. The highest BCUT2D eigenvalue weighted by molar-refractivity contribution is 7.26. The van der Waals surface area contributed by atoms with E-state index in [4.69, 9.17) is 4.42 Å². The lowest BCUT2D eigenvalue weighted by Gasteiger charge is -2.28. The van der Waals surface area contributed by atoms with Crippen LogP contribution >= 0.6 is 11.3 Å². The summed E-state index contributed by atoms with van der Waals surface area (Å²) in [5.41, 5.74) is 7.56. The summed E-state index contributed by atoms with van der Waals surface area (Å²) in [6.45, 7) is 0. The maximum Gasteiger partial charge on any atom is 0.143 e. The first-order valence-corrected chi connectivity index (χ1v) is 16.7. The fourth-order valence-electron chi connectivity index (χ4n) is 7.32. The van der Waals surface area contributed by atoms with E-state index < -0.39 is 0 Å². The molecule has 0 aliphatic heterocycles. The Morgan fingerprint density at radius 1 is 0.468 bits per heavy atom. The van der Waals surface area contributed by atoms with Crippen molar-refractivity contribution in [2.24, 2.45) is 0 Å². The standard InChI is InChI=1S/C44H27NOS/c1-3-16-32-28(11-1)13-8-21-38(32)45(39-22-10-23-40-42(39)37-26-25-29-12-2-4-17-33(29)43(37)46-40)31-15-7-14-30(27-31)34-19-9-20-36-35-18-5-6-24-41(35)47-44(34)36/h1-27H. The molecule has 0 spiro atoms. The molecule has 0 saturated carbocycles. The van der Waals surface area contributed by atoms with E-state index in [2.05, 4.69) is 169 Å². The number of benzene rings is 8. The molecule has 2 heterocycles. The molecule has 10 aromatic rings. The van der Waals surface area contributed by atoms with Gasteiger partial charge in [0.25, 0.3) is 0 Å². The molecular weight excluding hydrogens is 591 g/mol. The van der Waals surface area contributed by atoms with E-state index in [-0.39, 0.29) is 0 Å². The van der Waals surface area contributed by atoms with Crippen LogP contribution in [0.15, 0.2) is 168 Å². The van der Waals surface area contributed by atoms with Crippen LogP contribution in [-0.4, -0.2) is 0 Å². The first-order valence-electron chi connectivity index (χ1n) is 15.9. The largest absolute Gasteiger partial charge is 0.455 e. The van der Waals surface area contributed by atoms with Crippen LogP contribution in [0.25, 0.3) is 74.8 Å². The zero-order valence-electron chi connectivity index (χ0n) is 25.4. The highest BCUT2D eigenvalue weighted by atomic mass is 32.1. The van der Waals surface area contributed by atoms with Gasteiger partial charge in [0.05, 0.1) is 16.8 Å². The molecule has 0 fully saturated rings. The van der Waals surface area contributed by atoms with Crippen LogP contribution in [0, 0.1) is 0 Å². The van der Waals surface area contributed by atoms with E-state index in [0.29, 0.717) is 0 Å². The monoisotopic (exact) mass is 617 g/mol. The van der Waals surface area contributed by atoms with E-state index >= 15 is 0 Å². The van der Waals surface area contributed by atoms with Gasteiger partial charge in [-0.05, 0) is 64.4 Å². The number of anilines is 3. The summed E-state index contributed by atoms with van der Waals surface area (Å²) in [5.74, 6) is 0. The molecule has 2 nitrogen and oxygen atoms in total. The van der Waals surface area contributed by atoms with Crippen molar-refractivity contribution in [2.45, 2.75) is 0 Å². The number of thiophene rings is 1. The van der Waals surface area contributed by atoms with Crippen LogP contribution < -0.4 is 4.90 Å². The Kier molecular flexibility index (Phi) is 5.78. The zero-order valence-corrected chi connectivity index (χ0v) is 26.2. The van der Waals surface area contributed by atoms with E-state index in [9.17, 15) is 0 Å². The quantitative estimate of drug-likeness (QED) is 0.195. The summed E-state index contributed by atoms with van der Waals surface area (Å²) in [5, 5.41) is 9.55. The van der Waals surface area contributed by atoms with Crippen LogP contribution in [0.1, 0.15) is 0 Å².